The Labute approximate surface area is 177 Å². The minimum Gasteiger partial charge on any atom is -0.454 e. The standard InChI is InChI=1S/C24H27ClN2O2/c1-23(2)13-16(14-24(3,4)27-23)11-20(28)17-9-10-22(19(25)12-17)29-21-8-6-5-7-18(21)15-26/h5-10,12,16,27H,11,13-14H2,1-4H3. The van der Waals surface area contributed by atoms with E-state index in [2.05, 4.69) is 39.1 Å². The van der Waals surface area contributed by atoms with Crippen LogP contribution < -0.4 is 10.1 Å². The lowest BCUT2D eigenvalue weighted by Crippen LogP contribution is -2.57. The summed E-state index contributed by atoms with van der Waals surface area (Å²) in [5.41, 5.74) is 1.04. The largest absolute Gasteiger partial charge is 0.454 e. The number of hydrogen-bond acceptors (Lipinski definition) is 4. The fourth-order valence-electron chi connectivity index (χ4n) is 4.58. The third-order valence-corrected chi connectivity index (χ3v) is 5.53. The van der Waals surface area contributed by atoms with Crippen molar-refractivity contribution in [1.82, 2.24) is 5.32 Å². The van der Waals surface area contributed by atoms with Crippen molar-refractivity contribution in [2.24, 2.45) is 5.92 Å². The van der Waals surface area contributed by atoms with Crippen LogP contribution in [0, 0.1) is 17.2 Å². The molecule has 2 aromatic rings. The molecule has 1 aliphatic rings. The van der Waals surface area contributed by atoms with E-state index in [4.69, 9.17) is 16.3 Å². The summed E-state index contributed by atoms with van der Waals surface area (Å²) >= 11 is 6.38. The van der Waals surface area contributed by atoms with Crippen LogP contribution in [0.25, 0.3) is 0 Å². The second-order valence-corrected chi connectivity index (χ2v) is 9.56. The minimum absolute atomic E-state index is 0.0101. The molecular formula is C24H27ClN2O2. The fraction of sp³-hybridized carbons (Fsp3) is 0.417. The third-order valence-electron chi connectivity index (χ3n) is 5.23. The summed E-state index contributed by atoms with van der Waals surface area (Å²) in [4.78, 5) is 12.9. The molecule has 0 amide bonds. The molecule has 0 atom stereocenters. The van der Waals surface area contributed by atoms with E-state index in [9.17, 15) is 10.1 Å². The topological polar surface area (TPSA) is 62.1 Å². The van der Waals surface area contributed by atoms with E-state index in [-0.39, 0.29) is 16.9 Å². The summed E-state index contributed by atoms with van der Waals surface area (Å²) in [5.74, 6) is 1.28. The Morgan fingerprint density at radius 2 is 1.79 bits per heavy atom. The predicted molar refractivity (Wildman–Crippen MR) is 116 cm³/mol. The molecule has 0 radical (unpaired) electrons. The van der Waals surface area contributed by atoms with Gasteiger partial charge >= 0.3 is 0 Å². The van der Waals surface area contributed by atoms with Gasteiger partial charge < -0.3 is 10.1 Å². The van der Waals surface area contributed by atoms with Crippen molar-refractivity contribution in [3.05, 3.63) is 58.6 Å². The van der Waals surface area contributed by atoms with E-state index < -0.39 is 0 Å². The number of carbonyl (C=O) groups is 1. The van der Waals surface area contributed by atoms with Crippen LogP contribution in [-0.4, -0.2) is 16.9 Å². The average Bonchev–Trinajstić information content (AvgIpc) is 2.61. The number of ketones is 1. The van der Waals surface area contributed by atoms with Crippen LogP contribution in [0.4, 0.5) is 0 Å². The normalized spacial score (nSPS) is 18.1. The van der Waals surface area contributed by atoms with Crippen LogP contribution in [0.15, 0.2) is 42.5 Å². The SMILES string of the molecule is CC1(C)CC(CC(=O)c2ccc(Oc3ccccc3C#N)c(Cl)c2)CC(C)(C)N1. The average molecular weight is 411 g/mol. The number of carbonyl (C=O) groups excluding carboxylic acids is 1. The summed E-state index contributed by atoms with van der Waals surface area (Å²) < 4.78 is 5.80. The van der Waals surface area contributed by atoms with Gasteiger partial charge in [0, 0.05) is 23.1 Å². The van der Waals surface area contributed by atoms with Crippen LogP contribution in [0.3, 0.4) is 0 Å². The van der Waals surface area contributed by atoms with Gasteiger partial charge in [0.05, 0.1) is 10.6 Å². The first kappa shape index (κ1) is 21.4. The number of nitriles is 1. The Balaban J connectivity index is 1.73. The van der Waals surface area contributed by atoms with E-state index >= 15 is 0 Å². The summed E-state index contributed by atoms with van der Waals surface area (Å²) in [7, 11) is 0. The number of piperidine rings is 1. The molecule has 0 unspecified atom stereocenters. The zero-order valence-electron chi connectivity index (χ0n) is 17.4. The zero-order chi connectivity index (χ0) is 21.2. The maximum Gasteiger partial charge on any atom is 0.163 e. The fourth-order valence-corrected chi connectivity index (χ4v) is 4.80. The number of Topliss-reactive ketones (excluding diaryl/α,β-unsaturated/α-hetero) is 1. The Morgan fingerprint density at radius 1 is 1.14 bits per heavy atom. The van der Waals surface area contributed by atoms with Crippen LogP contribution in [0.5, 0.6) is 11.5 Å². The van der Waals surface area contributed by atoms with Gasteiger partial charge in [-0.3, -0.25) is 4.79 Å². The molecule has 0 bridgehead atoms. The van der Waals surface area contributed by atoms with Crippen LogP contribution >= 0.6 is 11.6 Å². The molecule has 2 aromatic carbocycles. The first-order valence-electron chi connectivity index (χ1n) is 9.88. The molecule has 1 aliphatic heterocycles. The Hall–Kier alpha value is -2.35. The molecule has 4 nitrogen and oxygen atoms in total. The van der Waals surface area contributed by atoms with Gasteiger partial charge in [-0.2, -0.15) is 5.26 Å². The molecule has 1 fully saturated rings. The number of nitrogens with one attached hydrogen (secondary N) is 1. The van der Waals surface area contributed by atoms with Crippen molar-refractivity contribution in [2.45, 2.75) is 58.0 Å². The predicted octanol–water partition coefficient (Wildman–Crippen LogP) is 6.13. The summed E-state index contributed by atoms with van der Waals surface area (Å²) in [6, 6.07) is 14.2. The number of para-hydroxylation sites is 1. The van der Waals surface area contributed by atoms with Crippen molar-refractivity contribution >= 4 is 17.4 Å². The Morgan fingerprint density at radius 3 is 2.41 bits per heavy atom. The van der Waals surface area contributed by atoms with E-state index in [0.717, 1.165) is 12.8 Å². The van der Waals surface area contributed by atoms with Crippen molar-refractivity contribution in [3.8, 4) is 17.6 Å². The van der Waals surface area contributed by atoms with Gasteiger partial charge in [-0.1, -0.05) is 23.7 Å². The summed E-state index contributed by atoms with van der Waals surface area (Å²) in [6.07, 6.45) is 2.42. The lowest BCUT2D eigenvalue weighted by Gasteiger charge is -2.46. The first-order valence-corrected chi connectivity index (χ1v) is 10.3. The van der Waals surface area contributed by atoms with Gasteiger partial charge in [-0.05, 0) is 76.8 Å². The molecule has 5 heteroatoms. The summed E-state index contributed by atoms with van der Waals surface area (Å²) in [5, 5.41) is 13.2. The second kappa shape index (κ2) is 8.18. The maximum atomic E-state index is 12.9. The van der Waals surface area contributed by atoms with Gasteiger partial charge in [0.15, 0.2) is 5.78 Å². The van der Waals surface area contributed by atoms with E-state index in [1.54, 1.807) is 42.5 Å². The third kappa shape index (κ3) is 5.38. The van der Waals surface area contributed by atoms with Crippen LogP contribution in [0.1, 0.15) is 62.9 Å². The lowest BCUT2D eigenvalue weighted by atomic mass is 9.74. The van der Waals surface area contributed by atoms with Crippen molar-refractivity contribution in [3.63, 3.8) is 0 Å². The van der Waals surface area contributed by atoms with Crippen LogP contribution in [-0.2, 0) is 0 Å². The highest BCUT2D eigenvalue weighted by atomic mass is 35.5. The second-order valence-electron chi connectivity index (χ2n) is 9.15. The quantitative estimate of drug-likeness (QED) is 0.602. The van der Waals surface area contributed by atoms with Gasteiger partial charge in [-0.25, -0.2) is 0 Å². The highest BCUT2D eigenvalue weighted by Gasteiger charge is 2.38. The molecule has 0 aliphatic carbocycles. The highest BCUT2D eigenvalue weighted by Crippen LogP contribution is 2.36. The van der Waals surface area contributed by atoms with Gasteiger partial charge in [0.1, 0.15) is 17.6 Å². The molecule has 1 saturated heterocycles. The van der Waals surface area contributed by atoms with E-state index in [1.807, 2.05) is 0 Å². The van der Waals surface area contributed by atoms with Gasteiger partial charge in [-0.15, -0.1) is 0 Å². The minimum atomic E-state index is 0.0101. The highest BCUT2D eigenvalue weighted by molar-refractivity contribution is 6.32. The molecule has 1 N–H and O–H groups in total. The Kier molecular flexibility index (Phi) is 6.03. The smallest absolute Gasteiger partial charge is 0.163 e. The Bertz CT molecular complexity index is 944. The van der Waals surface area contributed by atoms with Crippen molar-refractivity contribution in [2.75, 3.05) is 0 Å². The van der Waals surface area contributed by atoms with Gasteiger partial charge in [0.25, 0.3) is 0 Å². The van der Waals surface area contributed by atoms with Crippen molar-refractivity contribution < 1.29 is 9.53 Å². The monoisotopic (exact) mass is 410 g/mol. The number of hydrogen-bond donors (Lipinski definition) is 1. The molecule has 3 rings (SSSR count). The van der Waals surface area contributed by atoms with E-state index in [1.165, 1.54) is 0 Å². The number of benzene rings is 2. The zero-order valence-corrected chi connectivity index (χ0v) is 18.1. The molecule has 0 saturated carbocycles. The molecule has 0 spiro atoms. The van der Waals surface area contributed by atoms with E-state index in [0.29, 0.717) is 40.0 Å². The maximum absolute atomic E-state index is 12.9. The molecular weight excluding hydrogens is 384 g/mol. The van der Waals surface area contributed by atoms with Crippen molar-refractivity contribution in [1.29, 1.82) is 5.26 Å². The number of nitrogens with zero attached hydrogens (tertiary/aromatic N) is 1. The van der Waals surface area contributed by atoms with Crippen LogP contribution in [0.2, 0.25) is 5.02 Å². The molecule has 0 aromatic heterocycles. The molecule has 29 heavy (non-hydrogen) atoms. The molecule has 1 heterocycles. The lowest BCUT2D eigenvalue weighted by molar-refractivity contribution is 0.0864. The molecule has 152 valence electrons. The first-order chi connectivity index (χ1) is 13.6. The number of ether oxygens (including phenoxy) is 1. The number of rotatable bonds is 5. The number of halogens is 1. The van der Waals surface area contributed by atoms with Gasteiger partial charge in [0.2, 0.25) is 0 Å². The summed E-state index contributed by atoms with van der Waals surface area (Å²) in [6.45, 7) is 8.75.